The van der Waals surface area contributed by atoms with Gasteiger partial charge in [-0.05, 0) is 18.8 Å². The number of unbranched alkanes of at least 4 members (excludes halogenated alkanes) is 3. The molecule has 2 N–H and O–H groups in total. The van der Waals surface area contributed by atoms with Crippen molar-refractivity contribution in [2.24, 2.45) is 11.8 Å². The molecule has 2 amide bonds. The SMILES string of the molecule is CC(C)CCCCCCNC(=O)N1CCC(C(=O)O)C1. The summed E-state index contributed by atoms with van der Waals surface area (Å²) in [5.41, 5.74) is 0. The topological polar surface area (TPSA) is 69.6 Å². The molecule has 0 aromatic rings. The number of rotatable bonds is 8. The van der Waals surface area contributed by atoms with Crippen molar-refractivity contribution < 1.29 is 14.7 Å². The van der Waals surface area contributed by atoms with Crippen molar-refractivity contribution in [2.45, 2.75) is 52.4 Å². The molecule has 1 atom stereocenters. The third kappa shape index (κ3) is 6.26. The number of nitrogens with one attached hydrogen (secondary N) is 1. The van der Waals surface area contributed by atoms with Crippen LogP contribution in [0.4, 0.5) is 4.79 Å². The second-order valence-corrected chi connectivity index (χ2v) is 6.10. The summed E-state index contributed by atoms with van der Waals surface area (Å²) in [4.78, 5) is 24.2. The Morgan fingerprint density at radius 3 is 2.55 bits per heavy atom. The van der Waals surface area contributed by atoms with Gasteiger partial charge in [-0.15, -0.1) is 0 Å². The highest BCUT2D eigenvalue weighted by molar-refractivity contribution is 5.77. The lowest BCUT2D eigenvalue weighted by Crippen LogP contribution is -2.39. The molecule has 0 radical (unpaired) electrons. The number of amides is 2. The van der Waals surface area contributed by atoms with Crippen molar-refractivity contribution in [2.75, 3.05) is 19.6 Å². The maximum atomic E-state index is 11.8. The fraction of sp³-hybridized carbons (Fsp3) is 0.867. The summed E-state index contributed by atoms with van der Waals surface area (Å²) in [7, 11) is 0. The van der Waals surface area contributed by atoms with Crippen LogP contribution in [0.15, 0.2) is 0 Å². The monoisotopic (exact) mass is 284 g/mol. The lowest BCUT2D eigenvalue weighted by molar-refractivity contribution is -0.141. The van der Waals surface area contributed by atoms with Crippen LogP contribution >= 0.6 is 0 Å². The number of aliphatic carboxylic acids is 1. The van der Waals surface area contributed by atoms with Crippen molar-refractivity contribution in [1.29, 1.82) is 0 Å². The number of urea groups is 1. The second-order valence-electron chi connectivity index (χ2n) is 6.10. The molecule has 1 unspecified atom stereocenters. The minimum absolute atomic E-state index is 0.115. The van der Waals surface area contributed by atoms with Crippen LogP contribution in [-0.2, 0) is 4.79 Å². The van der Waals surface area contributed by atoms with E-state index >= 15 is 0 Å². The van der Waals surface area contributed by atoms with Gasteiger partial charge >= 0.3 is 12.0 Å². The molecule has 0 aromatic carbocycles. The van der Waals surface area contributed by atoms with Gasteiger partial charge in [-0.2, -0.15) is 0 Å². The van der Waals surface area contributed by atoms with Gasteiger partial charge < -0.3 is 15.3 Å². The molecule has 0 aromatic heterocycles. The van der Waals surface area contributed by atoms with E-state index in [1.807, 2.05) is 0 Å². The van der Waals surface area contributed by atoms with Crippen LogP contribution in [0.5, 0.6) is 0 Å². The summed E-state index contributed by atoms with van der Waals surface area (Å²) in [5.74, 6) is -0.422. The Balaban J connectivity index is 2.02. The Kier molecular flexibility index (Phi) is 7.41. The Morgan fingerprint density at radius 2 is 1.95 bits per heavy atom. The summed E-state index contributed by atoms with van der Waals surface area (Å²) in [6, 6.07) is -0.115. The van der Waals surface area contributed by atoms with Crippen LogP contribution < -0.4 is 5.32 Å². The number of carboxylic acids is 1. The van der Waals surface area contributed by atoms with Crippen LogP contribution in [0.1, 0.15) is 52.4 Å². The molecule has 0 spiro atoms. The minimum Gasteiger partial charge on any atom is -0.481 e. The van der Waals surface area contributed by atoms with E-state index in [1.165, 1.54) is 19.3 Å². The van der Waals surface area contributed by atoms with Crippen LogP contribution in [0.25, 0.3) is 0 Å². The van der Waals surface area contributed by atoms with Gasteiger partial charge in [-0.25, -0.2) is 4.79 Å². The van der Waals surface area contributed by atoms with E-state index in [1.54, 1.807) is 4.90 Å². The third-order valence-electron chi connectivity index (χ3n) is 3.81. The molecule has 1 fully saturated rings. The smallest absolute Gasteiger partial charge is 0.317 e. The van der Waals surface area contributed by atoms with E-state index in [4.69, 9.17) is 5.11 Å². The van der Waals surface area contributed by atoms with Gasteiger partial charge in [-0.3, -0.25) is 4.79 Å². The van der Waals surface area contributed by atoms with Crippen molar-refractivity contribution >= 4 is 12.0 Å². The number of likely N-dealkylation sites (tertiary alicyclic amines) is 1. The average molecular weight is 284 g/mol. The van der Waals surface area contributed by atoms with Gasteiger partial charge in [0.1, 0.15) is 0 Å². The molecule has 5 heteroatoms. The van der Waals surface area contributed by atoms with Crippen molar-refractivity contribution in [1.82, 2.24) is 10.2 Å². The van der Waals surface area contributed by atoms with Crippen LogP contribution in [0, 0.1) is 11.8 Å². The second kappa shape index (κ2) is 8.82. The van der Waals surface area contributed by atoms with E-state index in [-0.39, 0.29) is 6.03 Å². The van der Waals surface area contributed by atoms with Crippen molar-refractivity contribution in [3.8, 4) is 0 Å². The lowest BCUT2D eigenvalue weighted by Gasteiger charge is -2.16. The van der Waals surface area contributed by atoms with Crippen molar-refractivity contribution in [3.63, 3.8) is 0 Å². The molecule has 1 heterocycles. The molecular weight excluding hydrogens is 256 g/mol. The zero-order valence-corrected chi connectivity index (χ0v) is 12.7. The number of carboxylic acid groups (broad SMARTS) is 1. The first-order valence-corrected chi connectivity index (χ1v) is 7.76. The molecule has 0 bridgehead atoms. The molecule has 1 aliphatic heterocycles. The maximum absolute atomic E-state index is 11.8. The van der Waals surface area contributed by atoms with E-state index in [9.17, 15) is 9.59 Å². The van der Waals surface area contributed by atoms with E-state index in [2.05, 4.69) is 19.2 Å². The maximum Gasteiger partial charge on any atom is 0.317 e. The van der Waals surface area contributed by atoms with Crippen LogP contribution in [0.3, 0.4) is 0 Å². The molecule has 0 saturated carbocycles. The highest BCUT2D eigenvalue weighted by Gasteiger charge is 2.30. The van der Waals surface area contributed by atoms with Gasteiger partial charge in [-0.1, -0.05) is 39.5 Å². The first-order valence-electron chi connectivity index (χ1n) is 7.76. The Labute approximate surface area is 121 Å². The normalized spacial score (nSPS) is 18.6. The van der Waals surface area contributed by atoms with Gasteiger partial charge in [0.25, 0.3) is 0 Å². The Hall–Kier alpha value is -1.26. The predicted molar refractivity (Wildman–Crippen MR) is 78.6 cm³/mol. The molecule has 1 saturated heterocycles. The molecule has 0 aliphatic carbocycles. The van der Waals surface area contributed by atoms with Crippen molar-refractivity contribution in [3.05, 3.63) is 0 Å². The highest BCUT2D eigenvalue weighted by Crippen LogP contribution is 2.16. The van der Waals surface area contributed by atoms with E-state index < -0.39 is 11.9 Å². The number of hydrogen-bond donors (Lipinski definition) is 2. The van der Waals surface area contributed by atoms with E-state index in [0.29, 0.717) is 26.1 Å². The zero-order valence-electron chi connectivity index (χ0n) is 12.7. The minimum atomic E-state index is -0.801. The summed E-state index contributed by atoms with van der Waals surface area (Å²) >= 11 is 0. The fourth-order valence-corrected chi connectivity index (χ4v) is 2.48. The summed E-state index contributed by atoms with van der Waals surface area (Å²) in [6.07, 6.45) is 6.47. The van der Waals surface area contributed by atoms with Crippen LogP contribution in [-0.4, -0.2) is 41.6 Å². The average Bonchev–Trinajstić information content (AvgIpc) is 2.86. The largest absolute Gasteiger partial charge is 0.481 e. The quantitative estimate of drug-likeness (QED) is 0.673. The lowest BCUT2D eigenvalue weighted by atomic mass is 10.0. The summed E-state index contributed by atoms with van der Waals surface area (Å²) in [5, 5.41) is 11.8. The first kappa shape index (κ1) is 16.8. The Bertz CT molecular complexity index is 318. The molecule has 20 heavy (non-hydrogen) atoms. The Morgan fingerprint density at radius 1 is 1.25 bits per heavy atom. The number of carbonyl (C=O) groups excluding carboxylic acids is 1. The summed E-state index contributed by atoms with van der Waals surface area (Å²) < 4.78 is 0. The molecule has 1 rings (SSSR count). The highest BCUT2D eigenvalue weighted by atomic mass is 16.4. The number of hydrogen-bond acceptors (Lipinski definition) is 2. The third-order valence-corrected chi connectivity index (χ3v) is 3.81. The van der Waals surface area contributed by atoms with Crippen LogP contribution in [0.2, 0.25) is 0 Å². The van der Waals surface area contributed by atoms with Gasteiger partial charge in [0, 0.05) is 19.6 Å². The first-order chi connectivity index (χ1) is 9.50. The fourth-order valence-electron chi connectivity index (χ4n) is 2.48. The standard InChI is InChI=1S/C15H28N2O3/c1-12(2)7-5-3-4-6-9-16-15(20)17-10-8-13(11-17)14(18)19/h12-13H,3-11H2,1-2H3,(H,16,20)(H,18,19). The molecular formula is C15H28N2O3. The number of carbonyl (C=O) groups is 2. The zero-order chi connectivity index (χ0) is 15.0. The van der Waals surface area contributed by atoms with Gasteiger partial charge in [0.15, 0.2) is 0 Å². The predicted octanol–water partition coefficient (Wildman–Crippen LogP) is 2.71. The van der Waals surface area contributed by atoms with Gasteiger partial charge in [0.05, 0.1) is 5.92 Å². The van der Waals surface area contributed by atoms with E-state index in [0.717, 1.165) is 18.8 Å². The summed E-state index contributed by atoms with van der Waals surface area (Å²) in [6.45, 7) is 6.06. The number of nitrogens with zero attached hydrogens (tertiary/aromatic N) is 1. The molecule has 116 valence electrons. The molecule has 1 aliphatic rings. The molecule has 5 nitrogen and oxygen atoms in total. The van der Waals surface area contributed by atoms with Gasteiger partial charge in [0.2, 0.25) is 0 Å².